The molecule has 1 fully saturated rings. The minimum atomic E-state index is -0.157. The van der Waals surface area contributed by atoms with Crippen molar-refractivity contribution in [3.05, 3.63) is 69.9 Å². The quantitative estimate of drug-likeness (QED) is 0.910. The molecule has 3 rings (SSSR count). The van der Waals surface area contributed by atoms with E-state index in [4.69, 9.17) is 0 Å². The lowest BCUT2D eigenvalue weighted by Crippen LogP contribution is -2.58. The molecule has 1 N–H and O–H groups in total. The summed E-state index contributed by atoms with van der Waals surface area (Å²) in [7, 11) is 0. The van der Waals surface area contributed by atoms with Crippen LogP contribution in [-0.4, -0.2) is 13.1 Å². The van der Waals surface area contributed by atoms with E-state index in [2.05, 4.69) is 45.5 Å². The largest absolute Gasteiger partial charge is 0.315 e. The molecule has 0 saturated carbocycles. The minimum Gasteiger partial charge on any atom is -0.315 e. The van der Waals surface area contributed by atoms with Crippen LogP contribution in [0.25, 0.3) is 0 Å². The number of nitrogens with one attached hydrogen (secondary N) is 1. The molecule has 0 radical (unpaired) electrons. The van der Waals surface area contributed by atoms with E-state index in [0.29, 0.717) is 0 Å². The lowest BCUT2D eigenvalue weighted by atomic mass is 9.71. The van der Waals surface area contributed by atoms with Crippen molar-refractivity contribution < 1.29 is 4.39 Å². The smallest absolute Gasteiger partial charge is 0.123 e. The molecule has 1 aliphatic heterocycles. The molecule has 1 aliphatic rings. The van der Waals surface area contributed by atoms with Gasteiger partial charge >= 0.3 is 0 Å². The highest BCUT2D eigenvalue weighted by Gasteiger charge is 2.38. The number of hydrogen-bond donors (Lipinski definition) is 1. The lowest BCUT2D eigenvalue weighted by molar-refractivity contribution is 0.274. The zero-order valence-corrected chi connectivity index (χ0v) is 12.1. The summed E-state index contributed by atoms with van der Waals surface area (Å²) in [6, 6.07) is 15.4. The fraction of sp³-hybridized carbons (Fsp3) is 0.250. The second-order valence-corrected chi connectivity index (χ2v) is 6.11. The Kier molecular flexibility index (Phi) is 3.42. The summed E-state index contributed by atoms with van der Waals surface area (Å²) in [6.45, 7) is 1.90. The Labute approximate surface area is 121 Å². The van der Waals surface area contributed by atoms with E-state index in [1.54, 1.807) is 12.1 Å². The van der Waals surface area contributed by atoms with Crippen LogP contribution in [-0.2, 0) is 11.8 Å². The summed E-state index contributed by atoms with van der Waals surface area (Å²) in [6.07, 6.45) is 0.874. The Morgan fingerprint density at radius 1 is 1.11 bits per heavy atom. The van der Waals surface area contributed by atoms with E-state index < -0.39 is 0 Å². The molecule has 0 bridgehead atoms. The number of rotatable bonds is 3. The number of benzene rings is 2. The molecule has 0 atom stereocenters. The van der Waals surface area contributed by atoms with Gasteiger partial charge < -0.3 is 5.32 Å². The molecule has 1 heterocycles. The van der Waals surface area contributed by atoms with Gasteiger partial charge in [-0.05, 0) is 41.8 Å². The summed E-state index contributed by atoms with van der Waals surface area (Å²) in [5.74, 6) is -0.157. The van der Waals surface area contributed by atoms with Crippen LogP contribution in [0.2, 0.25) is 0 Å². The molecule has 0 aromatic heterocycles. The maximum absolute atomic E-state index is 13.3. The highest BCUT2D eigenvalue weighted by Crippen LogP contribution is 2.33. The summed E-state index contributed by atoms with van der Waals surface area (Å²) < 4.78 is 14.4. The van der Waals surface area contributed by atoms with Crippen LogP contribution in [0.15, 0.2) is 53.0 Å². The highest BCUT2D eigenvalue weighted by molar-refractivity contribution is 9.10. The average Bonchev–Trinajstić information content (AvgIpc) is 2.35. The molecular formula is C16H15BrFN. The first-order valence-electron chi connectivity index (χ1n) is 6.39. The van der Waals surface area contributed by atoms with Gasteiger partial charge in [0.15, 0.2) is 0 Å². The molecule has 0 unspecified atom stereocenters. The van der Waals surface area contributed by atoms with E-state index >= 15 is 0 Å². The van der Waals surface area contributed by atoms with Crippen LogP contribution in [0.4, 0.5) is 4.39 Å². The molecule has 2 aromatic rings. The fourth-order valence-corrected chi connectivity index (χ4v) is 2.96. The van der Waals surface area contributed by atoms with Gasteiger partial charge in [0, 0.05) is 23.0 Å². The zero-order valence-electron chi connectivity index (χ0n) is 10.5. The van der Waals surface area contributed by atoms with Gasteiger partial charge in [0.2, 0.25) is 0 Å². The third-order valence-electron chi connectivity index (χ3n) is 3.81. The highest BCUT2D eigenvalue weighted by atomic mass is 79.9. The van der Waals surface area contributed by atoms with Crippen molar-refractivity contribution in [1.29, 1.82) is 0 Å². The van der Waals surface area contributed by atoms with Gasteiger partial charge in [-0.1, -0.05) is 40.2 Å². The van der Waals surface area contributed by atoms with Gasteiger partial charge in [0.1, 0.15) is 5.82 Å². The molecule has 98 valence electrons. The van der Waals surface area contributed by atoms with Crippen molar-refractivity contribution in [2.45, 2.75) is 11.8 Å². The van der Waals surface area contributed by atoms with Crippen molar-refractivity contribution in [3.63, 3.8) is 0 Å². The van der Waals surface area contributed by atoms with Crippen LogP contribution < -0.4 is 5.32 Å². The van der Waals surface area contributed by atoms with Gasteiger partial charge in [0.05, 0.1) is 0 Å². The van der Waals surface area contributed by atoms with E-state index in [1.807, 2.05) is 6.07 Å². The zero-order chi connectivity index (χ0) is 13.3. The van der Waals surface area contributed by atoms with Crippen LogP contribution in [0.3, 0.4) is 0 Å². The molecule has 0 aliphatic carbocycles. The maximum Gasteiger partial charge on any atom is 0.123 e. The SMILES string of the molecule is Fc1cccc(CC2(c3ccc(Br)cc3)CNC2)c1. The normalized spacial score (nSPS) is 16.9. The predicted molar refractivity (Wildman–Crippen MR) is 78.8 cm³/mol. The molecule has 1 nitrogen and oxygen atoms in total. The molecule has 0 amide bonds. The summed E-state index contributed by atoms with van der Waals surface area (Å²) in [5, 5.41) is 3.34. The first-order chi connectivity index (χ1) is 9.18. The topological polar surface area (TPSA) is 12.0 Å². The third-order valence-corrected chi connectivity index (χ3v) is 4.34. The van der Waals surface area contributed by atoms with Crippen LogP contribution in [0, 0.1) is 5.82 Å². The lowest BCUT2D eigenvalue weighted by Gasteiger charge is -2.43. The van der Waals surface area contributed by atoms with Crippen molar-refractivity contribution in [1.82, 2.24) is 5.32 Å². The average molecular weight is 320 g/mol. The van der Waals surface area contributed by atoms with Gasteiger partial charge in [-0.2, -0.15) is 0 Å². The van der Waals surface area contributed by atoms with Crippen molar-refractivity contribution in [3.8, 4) is 0 Å². The molecule has 2 aromatic carbocycles. The third kappa shape index (κ3) is 2.58. The number of hydrogen-bond acceptors (Lipinski definition) is 1. The van der Waals surface area contributed by atoms with Crippen molar-refractivity contribution >= 4 is 15.9 Å². The van der Waals surface area contributed by atoms with E-state index in [-0.39, 0.29) is 11.2 Å². The maximum atomic E-state index is 13.3. The van der Waals surface area contributed by atoms with Crippen LogP contribution >= 0.6 is 15.9 Å². The Morgan fingerprint density at radius 3 is 2.42 bits per heavy atom. The van der Waals surface area contributed by atoms with E-state index in [1.165, 1.54) is 11.6 Å². The number of halogens is 2. The standard InChI is InChI=1S/C16H15BrFN/c17-14-6-4-13(5-7-14)16(10-19-11-16)9-12-2-1-3-15(18)8-12/h1-8,19H,9-11H2. The molecular weight excluding hydrogens is 305 g/mol. The second-order valence-electron chi connectivity index (χ2n) is 5.20. The van der Waals surface area contributed by atoms with Gasteiger partial charge in [0.25, 0.3) is 0 Å². The molecule has 0 spiro atoms. The van der Waals surface area contributed by atoms with Gasteiger partial charge in [-0.15, -0.1) is 0 Å². The second kappa shape index (κ2) is 5.06. The Balaban J connectivity index is 1.89. The van der Waals surface area contributed by atoms with Crippen LogP contribution in [0.5, 0.6) is 0 Å². The summed E-state index contributed by atoms with van der Waals surface area (Å²) in [5.41, 5.74) is 2.48. The van der Waals surface area contributed by atoms with E-state index in [9.17, 15) is 4.39 Å². The van der Waals surface area contributed by atoms with Crippen molar-refractivity contribution in [2.24, 2.45) is 0 Å². The van der Waals surface area contributed by atoms with Gasteiger partial charge in [-0.25, -0.2) is 4.39 Å². The van der Waals surface area contributed by atoms with Crippen LogP contribution in [0.1, 0.15) is 11.1 Å². The van der Waals surface area contributed by atoms with E-state index in [0.717, 1.165) is 29.5 Å². The Morgan fingerprint density at radius 2 is 1.84 bits per heavy atom. The Bertz CT molecular complexity index is 576. The Hall–Kier alpha value is -1.19. The first-order valence-corrected chi connectivity index (χ1v) is 7.19. The predicted octanol–water partition coefficient (Wildman–Crippen LogP) is 3.67. The molecule has 19 heavy (non-hydrogen) atoms. The first kappa shape index (κ1) is 12.8. The monoisotopic (exact) mass is 319 g/mol. The summed E-state index contributed by atoms with van der Waals surface area (Å²) in [4.78, 5) is 0. The van der Waals surface area contributed by atoms with Gasteiger partial charge in [-0.3, -0.25) is 0 Å². The van der Waals surface area contributed by atoms with Crippen molar-refractivity contribution in [2.75, 3.05) is 13.1 Å². The molecule has 3 heteroatoms. The molecule has 1 saturated heterocycles. The fourth-order valence-electron chi connectivity index (χ4n) is 2.70. The minimum absolute atomic E-state index is 0.106. The summed E-state index contributed by atoms with van der Waals surface area (Å²) >= 11 is 3.46.